The Hall–Kier alpha value is -1.81. The van der Waals surface area contributed by atoms with Crippen molar-refractivity contribution in [2.75, 3.05) is 46.4 Å². The van der Waals surface area contributed by atoms with Crippen LogP contribution in [0.25, 0.3) is 0 Å². The molecule has 2 heterocycles. The highest BCUT2D eigenvalue weighted by molar-refractivity contribution is 5.73. The lowest BCUT2D eigenvalue weighted by atomic mass is 9.85. The maximum atomic E-state index is 12.3. The predicted octanol–water partition coefficient (Wildman–Crippen LogP) is 3.78. The van der Waals surface area contributed by atoms with E-state index in [9.17, 15) is 39.5 Å². The SMILES string of the molecule is COCCN1CCCC12CCN(CCC(F)(F)F)CC2.O=C(O)C(F)(F)F.O=C(O)C(F)(F)F. The van der Waals surface area contributed by atoms with E-state index in [4.69, 9.17) is 24.5 Å². The molecule has 7 nitrogen and oxygen atoms in total. The van der Waals surface area contributed by atoms with E-state index >= 15 is 0 Å². The molecule has 1 spiro atoms. The van der Waals surface area contributed by atoms with Crippen molar-refractivity contribution in [1.82, 2.24) is 9.80 Å². The summed E-state index contributed by atoms with van der Waals surface area (Å²) in [4.78, 5) is 22.3. The summed E-state index contributed by atoms with van der Waals surface area (Å²) in [6, 6.07) is 0. The van der Waals surface area contributed by atoms with Crippen LogP contribution in [0, 0.1) is 0 Å². The Morgan fingerprint density at radius 2 is 1.26 bits per heavy atom. The maximum Gasteiger partial charge on any atom is 0.490 e. The van der Waals surface area contributed by atoms with Crippen LogP contribution in [-0.2, 0) is 14.3 Å². The number of alkyl halides is 9. The number of halogens is 9. The van der Waals surface area contributed by atoms with E-state index in [1.807, 2.05) is 4.90 Å². The lowest BCUT2D eigenvalue weighted by molar-refractivity contribution is -0.193. The number of aliphatic carboxylic acids is 2. The molecule has 0 aromatic carbocycles. The smallest absolute Gasteiger partial charge is 0.475 e. The molecular formula is C18H27F9N2O5. The molecular weight excluding hydrogens is 495 g/mol. The van der Waals surface area contributed by atoms with E-state index < -0.39 is 36.9 Å². The average Bonchev–Trinajstić information content (AvgIpc) is 3.06. The van der Waals surface area contributed by atoms with Crippen molar-refractivity contribution in [2.24, 2.45) is 0 Å². The molecule has 0 aromatic heterocycles. The van der Waals surface area contributed by atoms with Gasteiger partial charge in [-0.25, -0.2) is 9.59 Å². The third-order valence-electron chi connectivity index (χ3n) is 5.29. The van der Waals surface area contributed by atoms with Gasteiger partial charge in [-0.3, -0.25) is 4.90 Å². The zero-order valence-electron chi connectivity index (χ0n) is 18.2. The van der Waals surface area contributed by atoms with Crippen LogP contribution in [0.2, 0.25) is 0 Å². The second-order valence-corrected chi connectivity index (χ2v) is 7.62. The molecule has 0 radical (unpaired) electrons. The first-order chi connectivity index (χ1) is 15.3. The number of carbonyl (C=O) groups is 2. The van der Waals surface area contributed by atoms with E-state index in [2.05, 4.69) is 4.90 Å². The second kappa shape index (κ2) is 13.3. The van der Waals surface area contributed by atoms with Gasteiger partial charge in [0.15, 0.2) is 0 Å². The number of methoxy groups -OCH3 is 1. The summed E-state index contributed by atoms with van der Waals surface area (Å²) in [5.74, 6) is -5.51. The van der Waals surface area contributed by atoms with Gasteiger partial charge in [0.2, 0.25) is 0 Å². The van der Waals surface area contributed by atoms with Crippen LogP contribution >= 0.6 is 0 Å². The topological polar surface area (TPSA) is 90.3 Å². The van der Waals surface area contributed by atoms with Gasteiger partial charge < -0.3 is 19.8 Å². The Morgan fingerprint density at radius 1 is 0.824 bits per heavy atom. The number of hydrogen-bond acceptors (Lipinski definition) is 5. The van der Waals surface area contributed by atoms with Gasteiger partial charge >= 0.3 is 30.5 Å². The number of rotatable bonds is 5. The molecule has 0 bridgehead atoms. The van der Waals surface area contributed by atoms with Crippen molar-refractivity contribution in [3.63, 3.8) is 0 Å². The van der Waals surface area contributed by atoms with Crippen molar-refractivity contribution >= 4 is 11.9 Å². The first-order valence-electron chi connectivity index (χ1n) is 9.97. The van der Waals surface area contributed by atoms with Crippen LogP contribution in [0.4, 0.5) is 39.5 Å². The highest BCUT2D eigenvalue weighted by Gasteiger charge is 2.43. The number of carboxylic acid groups (broad SMARTS) is 2. The fraction of sp³-hybridized carbons (Fsp3) is 0.889. The van der Waals surface area contributed by atoms with E-state index in [1.165, 1.54) is 12.8 Å². The van der Waals surface area contributed by atoms with Gasteiger partial charge in [0.1, 0.15) is 0 Å². The summed E-state index contributed by atoms with van der Waals surface area (Å²) in [7, 11) is 1.71. The molecule has 202 valence electrons. The van der Waals surface area contributed by atoms with Gasteiger partial charge in [-0.05, 0) is 45.3 Å². The standard InChI is InChI=1S/C14H25F3N2O.2C2HF3O2/c1-20-12-11-19-7-2-3-13(19)4-8-18(9-5-13)10-6-14(15,16)17;2*3-2(4,5)1(6)7/h2-12H2,1H3;2*(H,6,7). The summed E-state index contributed by atoms with van der Waals surface area (Å²) in [6.45, 7) is 4.52. The Morgan fingerprint density at radius 3 is 1.62 bits per heavy atom. The average molecular weight is 522 g/mol. The first kappa shape index (κ1) is 32.2. The zero-order valence-corrected chi connectivity index (χ0v) is 18.2. The zero-order chi connectivity index (χ0) is 26.8. The van der Waals surface area contributed by atoms with Crippen molar-refractivity contribution in [3.8, 4) is 0 Å². The summed E-state index contributed by atoms with van der Waals surface area (Å²) < 4.78 is 105. The van der Waals surface area contributed by atoms with Crippen LogP contribution in [0.5, 0.6) is 0 Å². The molecule has 2 aliphatic heterocycles. The lowest BCUT2D eigenvalue weighted by Crippen LogP contribution is -2.53. The van der Waals surface area contributed by atoms with E-state index in [1.54, 1.807) is 7.11 Å². The number of nitrogens with zero attached hydrogens (tertiary/aromatic N) is 2. The molecule has 2 saturated heterocycles. The summed E-state index contributed by atoms with van der Waals surface area (Å²) in [5.41, 5.74) is 0.229. The molecule has 2 fully saturated rings. The number of likely N-dealkylation sites (tertiary alicyclic amines) is 2. The Labute approximate surface area is 189 Å². The number of piperidine rings is 1. The van der Waals surface area contributed by atoms with Crippen molar-refractivity contribution < 1.29 is 64.1 Å². The molecule has 0 unspecified atom stereocenters. The van der Waals surface area contributed by atoms with Gasteiger partial charge in [0, 0.05) is 25.7 Å². The van der Waals surface area contributed by atoms with E-state index in [0.717, 1.165) is 45.6 Å². The third-order valence-corrected chi connectivity index (χ3v) is 5.29. The highest BCUT2D eigenvalue weighted by Crippen LogP contribution is 2.38. The normalized spacial score (nSPS) is 19.1. The van der Waals surface area contributed by atoms with E-state index in [-0.39, 0.29) is 12.1 Å². The largest absolute Gasteiger partial charge is 0.490 e. The minimum Gasteiger partial charge on any atom is -0.475 e. The number of ether oxygens (including phenoxy) is 1. The van der Waals surface area contributed by atoms with Gasteiger partial charge in [0.05, 0.1) is 13.0 Å². The Balaban J connectivity index is 0.000000642. The molecule has 0 saturated carbocycles. The fourth-order valence-electron chi connectivity index (χ4n) is 3.59. The summed E-state index contributed by atoms with van der Waals surface area (Å²) in [5, 5.41) is 14.2. The van der Waals surface area contributed by atoms with Crippen molar-refractivity contribution in [1.29, 1.82) is 0 Å². The Kier molecular flexibility index (Phi) is 12.6. The van der Waals surface area contributed by atoms with Crippen LogP contribution in [0.1, 0.15) is 32.1 Å². The molecule has 16 heteroatoms. The van der Waals surface area contributed by atoms with Crippen LogP contribution in [-0.4, -0.2) is 102 Å². The van der Waals surface area contributed by atoms with Gasteiger partial charge in [-0.2, -0.15) is 39.5 Å². The highest BCUT2D eigenvalue weighted by atomic mass is 19.4. The van der Waals surface area contributed by atoms with Crippen molar-refractivity contribution in [3.05, 3.63) is 0 Å². The molecule has 0 atom stereocenters. The van der Waals surface area contributed by atoms with Crippen LogP contribution < -0.4 is 0 Å². The number of carboxylic acids is 2. The third kappa shape index (κ3) is 12.6. The van der Waals surface area contributed by atoms with Gasteiger partial charge in [-0.15, -0.1) is 0 Å². The monoisotopic (exact) mass is 522 g/mol. The summed E-state index contributed by atoms with van der Waals surface area (Å²) >= 11 is 0. The van der Waals surface area contributed by atoms with Crippen LogP contribution in [0.15, 0.2) is 0 Å². The van der Waals surface area contributed by atoms with Gasteiger partial charge in [-0.1, -0.05) is 0 Å². The molecule has 2 aliphatic rings. The Bertz CT molecular complexity index is 607. The predicted molar refractivity (Wildman–Crippen MR) is 99.1 cm³/mol. The molecule has 2 N–H and O–H groups in total. The molecule has 34 heavy (non-hydrogen) atoms. The number of hydrogen-bond donors (Lipinski definition) is 2. The van der Waals surface area contributed by atoms with Crippen molar-refractivity contribution in [2.45, 2.75) is 56.2 Å². The second-order valence-electron chi connectivity index (χ2n) is 7.62. The van der Waals surface area contributed by atoms with Crippen LogP contribution in [0.3, 0.4) is 0 Å². The maximum absolute atomic E-state index is 12.3. The molecule has 0 amide bonds. The minimum atomic E-state index is -5.08. The summed E-state index contributed by atoms with van der Waals surface area (Å²) in [6.07, 6.45) is -10.5. The fourth-order valence-corrected chi connectivity index (χ4v) is 3.59. The van der Waals surface area contributed by atoms with E-state index in [0.29, 0.717) is 0 Å². The molecule has 0 aliphatic carbocycles. The minimum absolute atomic E-state index is 0.150. The quantitative estimate of drug-likeness (QED) is 0.532. The molecule has 2 rings (SSSR count). The molecule has 0 aromatic rings. The first-order valence-corrected chi connectivity index (χ1v) is 9.97. The van der Waals surface area contributed by atoms with Gasteiger partial charge in [0.25, 0.3) is 0 Å². The lowest BCUT2D eigenvalue weighted by Gasteiger charge is -2.45.